The van der Waals surface area contributed by atoms with Crippen LogP contribution >= 0.6 is 0 Å². The summed E-state index contributed by atoms with van der Waals surface area (Å²) >= 11 is 0. The second-order valence-corrected chi connectivity index (χ2v) is 4.21. The van der Waals surface area contributed by atoms with Gasteiger partial charge in [0.1, 0.15) is 23.1 Å². The number of benzene rings is 1. The van der Waals surface area contributed by atoms with Crippen LogP contribution in [0, 0.1) is 11.6 Å². The van der Waals surface area contributed by atoms with Crippen LogP contribution in [0.25, 0.3) is 11.3 Å². The molecule has 0 aliphatic rings. The van der Waals surface area contributed by atoms with Gasteiger partial charge in [0.05, 0.1) is 0 Å². The van der Waals surface area contributed by atoms with Crippen LogP contribution in [-0.4, -0.2) is 9.78 Å². The minimum absolute atomic E-state index is 0.284. The van der Waals surface area contributed by atoms with Crippen molar-refractivity contribution in [3.8, 4) is 11.3 Å². The summed E-state index contributed by atoms with van der Waals surface area (Å²) in [6, 6.07) is 3.47. The standard InChI is InChI=1S/C13H15F2N3/c1-3-4-10-12(17-18(2)13(10)16)9-6-5-8(14)7-11(9)15/h5-7H,3-4,16H2,1-2H3. The van der Waals surface area contributed by atoms with Crippen molar-refractivity contribution in [3.63, 3.8) is 0 Å². The van der Waals surface area contributed by atoms with E-state index in [0.717, 1.165) is 18.1 Å². The van der Waals surface area contributed by atoms with Gasteiger partial charge in [-0.3, -0.25) is 4.68 Å². The van der Waals surface area contributed by atoms with Crippen LogP contribution in [0.15, 0.2) is 18.2 Å². The lowest BCUT2D eigenvalue weighted by Crippen LogP contribution is -1.99. The fourth-order valence-corrected chi connectivity index (χ4v) is 1.98. The van der Waals surface area contributed by atoms with E-state index in [0.29, 0.717) is 17.9 Å². The zero-order valence-corrected chi connectivity index (χ0v) is 10.4. The first-order valence-electron chi connectivity index (χ1n) is 5.81. The summed E-state index contributed by atoms with van der Waals surface area (Å²) in [6.07, 6.45) is 1.59. The maximum Gasteiger partial charge on any atom is 0.135 e. The smallest absolute Gasteiger partial charge is 0.135 e. The molecule has 0 spiro atoms. The molecule has 0 bridgehead atoms. The van der Waals surface area contributed by atoms with Gasteiger partial charge in [-0.2, -0.15) is 5.10 Å². The van der Waals surface area contributed by atoms with Crippen LogP contribution in [0.2, 0.25) is 0 Å². The molecular weight excluding hydrogens is 236 g/mol. The predicted molar refractivity (Wildman–Crippen MR) is 67.0 cm³/mol. The number of aryl methyl sites for hydroxylation is 1. The Bertz CT molecular complexity index is 576. The van der Waals surface area contributed by atoms with Crippen molar-refractivity contribution in [1.29, 1.82) is 0 Å². The minimum atomic E-state index is -0.620. The van der Waals surface area contributed by atoms with E-state index in [1.165, 1.54) is 16.8 Å². The summed E-state index contributed by atoms with van der Waals surface area (Å²) in [7, 11) is 1.71. The van der Waals surface area contributed by atoms with Crippen LogP contribution < -0.4 is 5.73 Å². The van der Waals surface area contributed by atoms with E-state index in [1.807, 2.05) is 6.92 Å². The Morgan fingerprint density at radius 1 is 1.33 bits per heavy atom. The second-order valence-electron chi connectivity index (χ2n) is 4.21. The van der Waals surface area contributed by atoms with Crippen LogP contribution in [0.3, 0.4) is 0 Å². The highest BCUT2D eigenvalue weighted by molar-refractivity contribution is 5.68. The van der Waals surface area contributed by atoms with E-state index in [1.54, 1.807) is 7.05 Å². The Hall–Kier alpha value is -1.91. The van der Waals surface area contributed by atoms with Crippen LogP contribution in [0.5, 0.6) is 0 Å². The lowest BCUT2D eigenvalue weighted by molar-refractivity contribution is 0.585. The Morgan fingerprint density at radius 2 is 2.06 bits per heavy atom. The SMILES string of the molecule is CCCc1c(-c2ccc(F)cc2F)nn(C)c1N. The van der Waals surface area contributed by atoms with E-state index in [2.05, 4.69) is 5.10 Å². The van der Waals surface area contributed by atoms with Crippen molar-refractivity contribution in [3.05, 3.63) is 35.4 Å². The Morgan fingerprint density at radius 3 is 2.67 bits per heavy atom. The van der Waals surface area contributed by atoms with Gasteiger partial charge in [0.15, 0.2) is 0 Å². The lowest BCUT2D eigenvalue weighted by atomic mass is 10.0. The topological polar surface area (TPSA) is 43.8 Å². The van der Waals surface area contributed by atoms with Crippen LogP contribution in [0.1, 0.15) is 18.9 Å². The first-order chi connectivity index (χ1) is 8.54. The normalized spacial score (nSPS) is 10.9. The zero-order chi connectivity index (χ0) is 13.3. The highest BCUT2D eigenvalue weighted by Gasteiger charge is 2.17. The molecule has 1 heterocycles. The zero-order valence-electron chi connectivity index (χ0n) is 10.4. The third kappa shape index (κ3) is 2.08. The van der Waals surface area contributed by atoms with E-state index >= 15 is 0 Å². The molecule has 2 aromatic rings. The summed E-state index contributed by atoms with van der Waals surface area (Å²) in [4.78, 5) is 0. The number of nitrogen functional groups attached to an aromatic ring is 1. The van der Waals surface area contributed by atoms with Gasteiger partial charge in [-0.05, 0) is 18.6 Å². The van der Waals surface area contributed by atoms with Gasteiger partial charge in [0, 0.05) is 24.2 Å². The monoisotopic (exact) mass is 251 g/mol. The molecule has 18 heavy (non-hydrogen) atoms. The number of nitrogens with two attached hydrogens (primary N) is 1. The molecule has 2 rings (SSSR count). The van der Waals surface area contributed by atoms with Gasteiger partial charge in [0.2, 0.25) is 0 Å². The number of halogens is 2. The molecule has 0 saturated carbocycles. The van der Waals surface area contributed by atoms with Gasteiger partial charge < -0.3 is 5.73 Å². The molecule has 96 valence electrons. The van der Waals surface area contributed by atoms with Gasteiger partial charge in [0.25, 0.3) is 0 Å². The van der Waals surface area contributed by atoms with Gasteiger partial charge in [-0.15, -0.1) is 0 Å². The highest BCUT2D eigenvalue weighted by Crippen LogP contribution is 2.30. The summed E-state index contributed by atoms with van der Waals surface area (Å²) < 4.78 is 28.2. The van der Waals surface area contributed by atoms with Gasteiger partial charge in [-0.1, -0.05) is 13.3 Å². The quantitative estimate of drug-likeness (QED) is 0.911. The molecule has 0 radical (unpaired) electrons. The largest absolute Gasteiger partial charge is 0.384 e. The van der Waals surface area contributed by atoms with Gasteiger partial charge >= 0.3 is 0 Å². The van der Waals surface area contributed by atoms with E-state index in [9.17, 15) is 8.78 Å². The number of rotatable bonds is 3. The third-order valence-corrected chi connectivity index (χ3v) is 2.88. The molecule has 0 saturated heterocycles. The van der Waals surface area contributed by atoms with Crippen LogP contribution in [-0.2, 0) is 13.5 Å². The summed E-state index contributed by atoms with van der Waals surface area (Å²) in [5, 5.41) is 4.22. The summed E-state index contributed by atoms with van der Waals surface area (Å²) in [5.74, 6) is -0.696. The third-order valence-electron chi connectivity index (χ3n) is 2.88. The molecule has 0 fully saturated rings. The Kier molecular flexibility index (Phi) is 3.32. The molecule has 1 aromatic heterocycles. The second kappa shape index (κ2) is 4.76. The average molecular weight is 251 g/mol. The number of nitrogens with zero attached hydrogens (tertiary/aromatic N) is 2. The fourth-order valence-electron chi connectivity index (χ4n) is 1.98. The molecular formula is C13H15F2N3. The Labute approximate surface area is 104 Å². The van der Waals surface area contributed by atoms with Crippen molar-refractivity contribution in [1.82, 2.24) is 9.78 Å². The average Bonchev–Trinajstić information content (AvgIpc) is 2.58. The van der Waals surface area contributed by atoms with Crippen molar-refractivity contribution >= 4 is 5.82 Å². The lowest BCUT2D eigenvalue weighted by Gasteiger charge is -2.03. The van der Waals surface area contributed by atoms with Crippen molar-refractivity contribution in [2.45, 2.75) is 19.8 Å². The maximum absolute atomic E-state index is 13.8. The molecule has 1 aromatic carbocycles. The number of anilines is 1. The first kappa shape index (κ1) is 12.5. The summed E-state index contributed by atoms with van der Waals surface area (Å²) in [5.41, 5.74) is 7.50. The Balaban J connectivity index is 2.59. The molecule has 0 aliphatic carbocycles. The molecule has 5 heteroatoms. The van der Waals surface area contributed by atoms with E-state index < -0.39 is 11.6 Å². The molecule has 0 atom stereocenters. The van der Waals surface area contributed by atoms with E-state index in [-0.39, 0.29) is 5.56 Å². The minimum Gasteiger partial charge on any atom is -0.384 e. The van der Waals surface area contributed by atoms with E-state index in [4.69, 9.17) is 5.73 Å². The van der Waals surface area contributed by atoms with Crippen molar-refractivity contribution in [2.75, 3.05) is 5.73 Å². The number of aromatic nitrogens is 2. The number of hydrogen-bond acceptors (Lipinski definition) is 2. The number of hydrogen-bond donors (Lipinski definition) is 1. The summed E-state index contributed by atoms with van der Waals surface area (Å²) in [6.45, 7) is 2.01. The van der Waals surface area contributed by atoms with Crippen molar-refractivity contribution in [2.24, 2.45) is 7.05 Å². The van der Waals surface area contributed by atoms with Crippen molar-refractivity contribution < 1.29 is 8.78 Å². The first-order valence-corrected chi connectivity index (χ1v) is 5.81. The molecule has 0 amide bonds. The van der Waals surface area contributed by atoms with Crippen LogP contribution in [0.4, 0.5) is 14.6 Å². The molecule has 2 N–H and O–H groups in total. The fraction of sp³-hybridized carbons (Fsp3) is 0.308. The molecule has 3 nitrogen and oxygen atoms in total. The molecule has 0 aliphatic heterocycles. The van der Waals surface area contributed by atoms with Gasteiger partial charge in [-0.25, -0.2) is 8.78 Å². The molecule has 0 unspecified atom stereocenters. The highest BCUT2D eigenvalue weighted by atomic mass is 19.1. The predicted octanol–water partition coefficient (Wildman–Crippen LogP) is 2.90. The maximum atomic E-state index is 13.8.